The molecule has 0 aliphatic carbocycles. The Kier molecular flexibility index (Phi) is 3.71. The maximum Gasteiger partial charge on any atom is 0.338 e. The molecule has 0 unspecified atom stereocenters. The predicted molar refractivity (Wildman–Crippen MR) is 96.3 cm³/mol. The van der Waals surface area contributed by atoms with Gasteiger partial charge in [-0.05, 0) is 24.3 Å². The second-order valence-electron chi connectivity index (χ2n) is 5.46. The Morgan fingerprint density at radius 3 is 2.48 bits per heavy atom. The smallest absolute Gasteiger partial charge is 0.338 e. The highest BCUT2D eigenvalue weighted by molar-refractivity contribution is 6.30. The van der Waals surface area contributed by atoms with Crippen molar-refractivity contribution >= 4 is 28.5 Å². The number of pyridine rings is 1. The molecule has 122 valence electrons. The van der Waals surface area contributed by atoms with Crippen LogP contribution in [0.5, 0.6) is 0 Å². The van der Waals surface area contributed by atoms with Gasteiger partial charge in [0.25, 0.3) is 0 Å². The molecule has 6 heteroatoms. The zero-order chi connectivity index (χ0) is 17.4. The Morgan fingerprint density at radius 1 is 1.04 bits per heavy atom. The number of nitrogens with zero attached hydrogens (tertiary/aromatic N) is 3. The molecule has 0 aliphatic rings. The van der Waals surface area contributed by atoms with E-state index in [1.54, 1.807) is 48.8 Å². The van der Waals surface area contributed by atoms with Gasteiger partial charge < -0.3 is 5.11 Å². The highest BCUT2D eigenvalue weighted by Gasteiger charge is 2.22. The van der Waals surface area contributed by atoms with Gasteiger partial charge in [0, 0.05) is 28.4 Å². The van der Waals surface area contributed by atoms with Crippen molar-refractivity contribution < 1.29 is 9.90 Å². The largest absolute Gasteiger partial charge is 0.478 e. The summed E-state index contributed by atoms with van der Waals surface area (Å²) < 4.78 is 1.53. The lowest BCUT2D eigenvalue weighted by Crippen LogP contribution is -2.10. The number of rotatable bonds is 3. The van der Waals surface area contributed by atoms with Crippen LogP contribution in [0.3, 0.4) is 0 Å². The van der Waals surface area contributed by atoms with Crippen LogP contribution in [-0.2, 0) is 0 Å². The molecule has 0 bridgehead atoms. The van der Waals surface area contributed by atoms with E-state index in [4.69, 9.17) is 16.6 Å². The van der Waals surface area contributed by atoms with Gasteiger partial charge in [0.2, 0.25) is 0 Å². The van der Waals surface area contributed by atoms with Gasteiger partial charge in [0.15, 0.2) is 0 Å². The average molecular weight is 350 g/mol. The molecule has 25 heavy (non-hydrogen) atoms. The quantitative estimate of drug-likeness (QED) is 0.593. The van der Waals surface area contributed by atoms with Crippen LogP contribution in [0.1, 0.15) is 10.4 Å². The van der Waals surface area contributed by atoms with E-state index in [9.17, 15) is 9.90 Å². The van der Waals surface area contributed by atoms with Gasteiger partial charge in [0.05, 0.1) is 16.8 Å². The maximum atomic E-state index is 12.1. The summed E-state index contributed by atoms with van der Waals surface area (Å²) in [6.45, 7) is 0. The van der Waals surface area contributed by atoms with Crippen LogP contribution in [0, 0.1) is 0 Å². The molecule has 2 heterocycles. The van der Waals surface area contributed by atoms with Crippen molar-refractivity contribution in [2.45, 2.75) is 0 Å². The molecular formula is C19H12ClN3O2. The zero-order valence-electron chi connectivity index (χ0n) is 12.9. The molecule has 0 saturated heterocycles. The van der Waals surface area contributed by atoms with Crippen LogP contribution in [0.2, 0.25) is 5.02 Å². The molecule has 0 fully saturated rings. The zero-order valence-corrected chi connectivity index (χ0v) is 13.7. The number of benzene rings is 2. The predicted octanol–water partition coefficient (Wildman–Crippen LogP) is 4.44. The van der Waals surface area contributed by atoms with E-state index in [1.165, 1.54) is 4.68 Å². The van der Waals surface area contributed by atoms with E-state index in [0.29, 0.717) is 27.3 Å². The standard InChI is InChI=1S/C19H12ClN3O2/c20-13-8-6-12(7-9-13)17-18(23-11-3-10-21-23)16(19(24)25)14-4-1-2-5-15(14)22-17/h1-11H,(H,24,25). The summed E-state index contributed by atoms with van der Waals surface area (Å²) in [5.74, 6) is -1.03. The minimum atomic E-state index is -1.03. The molecule has 0 saturated carbocycles. The number of hydrogen-bond acceptors (Lipinski definition) is 3. The van der Waals surface area contributed by atoms with Gasteiger partial charge in [-0.3, -0.25) is 0 Å². The van der Waals surface area contributed by atoms with Crippen molar-refractivity contribution in [1.82, 2.24) is 14.8 Å². The first-order valence-electron chi connectivity index (χ1n) is 7.57. The van der Waals surface area contributed by atoms with E-state index in [-0.39, 0.29) is 5.56 Å². The molecule has 0 amide bonds. The summed E-state index contributed by atoms with van der Waals surface area (Å²) in [5, 5.41) is 15.3. The molecule has 0 radical (unpaired) electrons. The second kappa shape index (κ2) is 6.03. The third-order valence-corrected chi connectivity index (χ3v) is 4.18. The highest BCUT2D eigenvalue weighted by Crippen LogP contribution is 2.33. The third-order valence-electron chi connectivity index (χ3n) is 3.93. The first-order chi connectivity index (χ1) is 12.1. The van der Waals surface area contributed by atoms with Gasteiger partial charge in [-0.15, -0.1) is 0 Å². The maximum absolute atomic E-state index is 12.1. The summed E-state index contributed by atoms with van der Waals surface area (Å²) in [6.07, 6.45) is 3.31. The lowest BCUT2D eigenvalue weighted by atomic mass is 10.0. The van der Waals surface area contributed by atoms with E-state index >= 15 is 0 Å². The van der Waals surface area contributed by atoms with Gasteiger partial charge in [-0.25, -0.2) is 14.5 Å². The molecule has 0 atom stereocenters. The molecule has 0 aliphatic heterocycles. The lowest BCUT2D eigenvalue weighted by Gasteiger charge is -2.15. The summed E-state index contributed by atoms with van der Waals surface area (Å²) in [6, 6.07) is 16.1. The number of carboxylic acid groups (broad SMARTS) is 1. The number of aromatic nitrogens is 3. The Hall–Kier alpha value is -3.18. The Labute approximate surface area is 148 Å². The minimum absolute atomic E-state index is 0.166. The van der Waals surface area contributed by atoms with Crippen LogP contribution >= 0.6 is 11.6 Å². The summed E-state index contributed by atoms with van der Waals surface area (Å²) in [5.41, 5.74) is 2.51. The number of carbonyl (C=O) groups is 1. The van der Waals surface area contributed by atoms with E-state index in [1.807, 2.05) is 18.2 Å². The molecule has 1 N–H and O–H groups in total. The van der Waals surface area contributed by atoms with E-state index in [0.717, 1.165) is 5.56 Å². The van der Waals surface area contributed by atoms with E-state index < -0.39 is 5.97 Å². The summed E-state index contributed by atoms with van der Waals surface area (Å²) in [4.78, 5) is 16.8. The number of para-hydroxylation sites is 1. The van der Waals surface area contributed by atoms with Crippen molar-refractivity contribution in [3.8, 4) is 16.9 Å². The monoisotopic (exact) mass is 349 g/mol. The first kappa shape index (κ1) is 15.4. The minimum Gasteiger partial charge on any atom is -0.478 e. The number of carboxylic acids is 1. The number of halogens is 1. The molecule has 5 nitrogen and oxygen atoms in total. The number of fused-ring (bicyclic) bond motifs is 1. The van der Waals surface area contributed by atoms with Crippen molar-refractivity contribution in [1.29, 1.82) is 0 Å². The SMILES string of the molecule is O=C(O)c1c(-n2cccn2)c(-c2ccc(Cl)cc2)nc2ccccc12. The highest BCUT2D eigenvalue weighted by atomic mass is 35.5. The van der Waals surface area contributed by atoms with Crippen LogP contribution in [-0.4, -0.2) is 25.8 Å². The Morgan fingerprint density at radius 2 is 1.80 bits per heavy atom. The van der Waals surface area contributed by atoms with Crippen molar-refractivity contribution in [3.05, 3.63) is 77.6 Å². The average Bonchev–Trinajstić information content (AvgIpc) is 3.15. The summed E-state index contributed by atoms with van der Waals surface area (Å²) >= 11 is 5.98. The van der Waals surface area contributed by atoms with Crippen LogP contribution in [0.25, 0.3) is 27.8 Å². The van der Waals surface area contributed by atoms with Crippen LogP contribution in [0.4, 0.5) is 0 Å². The molecule has 4 aromatic rings. The fourth-order valence-electron chi connectivity index (χ4n) is 2.85. The van der Waals surface area contributed by atoms with Crippen molar-refractivity contribution in [3.63, 3.8) is 0 Å². The second-order valence-corrected chi connectivity index (χ2v) is 5.90. The van der Waals surface area contributed by atoms with Gasteiger partial charge >= 0.3 is 5.97 Å². The number of aromatic carboxylic acids is 1. The topological polar surface area (TPSA) is 68.0 Å². The Balaban J connectivity index is 2.15. The van der Waals surface area contributed by atoms with E-state index in [2.05, 4.69) is 5.10 Å². The van der Waals surface area contributed by atoms with Crippen molar-refractivity contribution in [2.75, 3.05) is 0 Å². The third kappa shape index (κ3) is 2.64. The Bertz CT molecular complexity index is 1070. The van der Waals surface area contributed by atoms with Gasteiger partial charge in [-0.1, -0.05) is 41.9 Å². The van der Waals surface area contributed by atoms with Gasteiger partial charge in [-0.2, -0.15) is 5.10 Å². The normalized spacial score (nSPS) is 10.9. The first-order valence-corrected chi connectivity index (χ1v) is 7.95. The van der Waals surface area contributed by atoms with Gasteiger partial charge in [0.1, 0.15) is 5.69 Å². The fourth-order valence-corrected chi connectivity index (χ4v) is 2.98. The summed E-state index contributed by atoms with van der Waals surface area (Å²) in [7, 11) is 0. The molecule has 2 aromatic heterocycles. The number of hydrogen-bond donors (Lipinski definition) is 1. The fraction of sp³-hybridized carbons (Fsp3) is 0. The lowest BCUT2D eigenvalue weighted by molar-refractivity contribution is 0.0699. The molecular weight excluding hydrogens is 338 g/mol. The van der Waals surface area contributed by atoms with Crippen LogP contribution < -0.4 is 0 Å². The molecule has 0 spiro atoms. The van der Waals surface area contributed by atoms with Crippen molar-refractivity contribution in [2.24, 2.45) is 0 Å². The molecule has 2 aromatic carbocycles. The molecule has 4 rings (SSSR count). The van der Waals surface area contributed by atoms with Crippen LogP contribution in [0.15, 0.2) is 67.0 Å².